The summed E-state index contributed by atoms with van der Waals surface area (Å²) in [5.74, 6) is -2.37. The summed E-state index contributed by atoms with van der Waals surface area (Å²) in [4.78, 5) is 24.9. The highest BCUT2D eigenvalue weighted by Gasteiger charge is 2.34. The van der Waals surface area contributed by atoms with Crippen LogP contribution < -0.4 is 4.74 Å². The lowest BCUT2D eigenvalue weighted by Gasteiger charge is -2.24. The molecule has 0 heterocycles. The number of aliphatic carboxylic acids is 1. The molecule has 132 valence electrons. The molecule has 0 saturated heterocycles. The van der Waals surface area contributed by atoms with Crippen molar-refractivity contribution >= 4 is 11.9 Å². The minimum Gasteiger partial charge on any atom is -0.481 e. The molecule has 1 N–H and O–H groups in total. The molecule has 1 saturated carbocycles. The quantitative estimate of drug-likeness (QED) is 0.825. The average Bonchev–Trinajstić information content (AvgIpc) is 3.27. The monoisotopic (exact) mass is 345 g/mol. The van der Waals surface area contributed by atoms with E-state index in [0.717, 1.165) is 25.0 Å². The minimum atomic E-state index is -4.79. The highest BCUT2D eigenvalue weighted by Crippen LogP contribution is 2.29. The number of carboxylic acid groups (broad SMARTS) is 1. The summed E-state index contributed by atoms with van der Waals surface area (Å²) in [5.41, 5.74) is 0.385. The van der Waals surface area contributed by atoms with Crippen LogP contribution in [0, 0.1) is 5.92 Å². The van der Waals surface area contributed by atoms with Gasteiger partial charge in [-0.2, -0.15) is 0 Å². The van der Waals surface area contributed by atoms with Gasteiger partial charge in [-0.05, 0) is 30.5 Å². The predicted molar refractivity (Wildman–Crippen MR) is 78.4 cm³/mol. The minimum absolute atomic E-state index is 0.0221. The third kappa shape index (κ3) is 5.43. The van der Waals surface area contributed by atoms with Gasteiger partial charge in [-0.3, -0.25) is 9.59 Å². The number of halogens is 3. The standard InChI is InChI=1S/C16H18F3NO4/c1-10(15(22)23)9-20(12-5-6-12)14(21)8-11-3-2-4-13(7-11)24-16(17,18)19/h2-4,7,10,12H,5-6,8-9H2,1H3,(H,22,23). The van der Waals surface area contributed by atoms with E-state index in [-0.39, 0.29) is 30.7 Å². The Morgan fingerprint density at radius 3 is 2.58 bits per heavy atom. The third-order valence-electron chi connectivity index (χ3n) is 3.69. The van der Waals surface area contributed by atoms with Gasteiger partial charge in [-0.1, -0.05) is 19.1 Å². The number of hydrogen-bond acceptors (Lipinski definition) is 3. The summed E-state index contributed by atoms with van der Waals surface area (Å²) >= 11 is 0. The summed E-state index contributed by atoms with van der Waals surface area (Å²) in [5, 5.41) is 8.99. The van der Waals surface area contributed by atoms with Crippen LogP contribution in [-0.2, 0) is 16.0 Å². The summed E-state index contributed by atoms with van der Waals surface area (Å²) in [6.07, 6.45) is -3.26. The topological polar surface area (TPSA) is 66.8 Å². The highest BCUT2D eigenvalue weighted by molar-refractivity contribution is 5.80. The molecule has 0 spiro atoms. The largest absolute Gasteiger partial charge is 0.573 e. The highest BCUT2D eigenvalue weighted by atomic mass is 19.4. The van der Waals surface area contributed by atoms with E-state index in [9.17, 15) is 22.8 Å². The number of amides is 1. The van der Waals surface area contributed by atoms with Crippen LogP contribution in [0.4, 0.5) is 13.2 Å². The molecule has 0 radical (unpaired) electrons. The van der Waals surface area contributed by atoms with Gasteiger partial charge in [0.2, 0.25) is 5.91 Å². The Morgan fingerprint density at radius 1 is 1.38 bits per heavy atom. The summed E-state index contributed by atoms with van der Waals surface area (Å²) < 4.78 is 40.6. The number of alkyl halides is 3. The number of hydrogen-bond donors (Lipinski definition) is 1. The van der Waals surface area contributed by atoms with Crippen molar-refractivity contribution in [1.82, 2.24) is 4.90 Å². The van der Waals surface area contributed by atoms with E-state index >= 15 is 0 Å². The van der Waals surface area contributed by atoms with Crippen LogP contribution in [0.5, 0.6) is 5.75 Å². The van der Waals surface area contributed by atoms with Crippen molar-refractivity contribution in [3.63, 3.8) is 0 Å². The number of carbonyl (C=O) groups is 2. The molecule has 0 bridgehead atoms. The van der Waals surface area contributed by atoms with Gasteiger partial charge in [-0.25, -0.2) is 0 Å². The van der Waals surface area contributed by atoms with Crippen molar-refractivity contribution in [2.45, 2.75) is 38.6 Å². The van der Waals surface area contributed by atoms with E-state index < -0.39 is 18.2 Å². The van der Waals surface area contributed by atoms with Crippen molar-refractivity contribution in [2.75, 3.05) is 6.54 Å². The van der Waals surface area contributed by atoms with Crippen molar-refractivity contribution < 1.29 is 32.6 Å². The molecular weight excluding hydrogens is 327 g/mol. The van der Waals surface area contributed by atoms with Crippen molar-refractivity contribution in [3.8, 4) is 5.75 Å². The number of benzene rings is 1. The molecule has 1 fully saturated rings. The number of rotatable bonds is 7. The fraction of sp³-hybridized carbons (Fsp3) is 0.500. The fourth-order valence-corrected chi connectivity index (χ4v) is 2.34. The maximum atomic E-state index is 12.4. The first-order valence-corrected chi connectivity index (χ1v) is 7.52. The molecule has 2 rings (SSSR count). The van der Waals surface area contributed by atoms with Gasteiger partial charge >= 0.3 is 12.3 Å². The van der Waals surface area contributed by atoms with Gasteiger partial charge in [0.1, 0.15) is 5.75 Å². The van der Waals surface area contributed by atoms with Crippen molar-refractivity contribution in [3.05, 3.63) is 29.8 Å². The van der Waals surface area contributed by atoms with Crippen molar-refractivity contribution in [1.29, 1.82) is 0 Å². The van der Waals surface area contributed by atoms with Crippen LogP contribution in [0.3, 0.4) is 0 Å². The Labute approximate surface area is 137 Å². The molecule has 1 aromatic rings. The molecule has 1 amide bonds. The Kier molecular flexibility index (Phi) is 5.36. The second-order valence-electron chi connectivity index (χ2n) is 5.89. The maximum absolute atomic E-state index is 12.4. The van der Waals surface area contributed by atoms with Crippen LogP contribution in [0.25, 0.3) is 0 Å². The third-order valence-corrected chi connectivity index (χ3v) is 3.69. The molecule has 1 aliphatic rings. The SMILES string of the molecule is CC(CN(C(=O)Cc1cccc(OC(F)(F)F)c1)C1CC1)C(=O)O. The lowest BCUT2D eigenvalue weighted by molar-refractivity contribution is -0.274. The molecule has 1 aromatic carbocycles. The molecule has 1 atom stereocenters. The molecule has 5 nitrogen and oxygen atoms in total. The zero-order valence-corrected chi connectivity index (χ0v) is 13.0. The van der Waals surface area contributed by atoms with E-state index in [1.54, 1.807) is 0 Å². The fourth-order valence-electron chi connectivity index (χ4n) is 2.34. The molecule has 0 aliphatic heterocycles. The predicted octanol–water partition coefficient (Wildman–Crippen LogP) is 2.84. The number of ether oxygens (including phenoxy) is 1. The van der Waals surface area contributed by atoms with Gasteiger partial charge in [0, 0.05) is 12.6 Å². The molecule has 1 unspecified atom stereocenters. The Bertz CT molecular complexity index is 614. The lowest BCUT2D eigenvalue weighted by Crippen LogP contribution is -2.39. The molecular formula is C16H18F3NO4. The number of carbonyl (C=O) groups excluding carboxylic acids is 1. The average molecular weight is 345 g/mol. The van der Waals surface area contributed by atoms with Crippen molar-refractivity contribution in [2.24, 2.45) is 5.92 Å². The van der Waals surface area contributed by atoms with E-state index in [1.165, 1.54) is 24.0 Å². The zero-order chi connectivity index (χ0) is 17.9. The van der Waals surface area contributed by atoms with Gasteiger partial charge < -0.3 is 14.7 Å². The smallest absolute Gasteiger partial charge is 0.481 e. The molecule has 8 heteroatoms. The normalized spacial score (nSPS) is 15.7. The first-order valence-electron chi connectivity index (χ1n) is 7.52. The van der Waals surface area contributed by atoms with Gasteiger partial charge in [-0.15, -0.1) is 13.2 Å². The van der Waals surface area contributed by atoms with Gasteiger partial charge in [0.15, 0.2) is 0 Å². The number of nitrogens with zero attached hydrogens (tertiary/aromatic N) is 1. The lowest BCUT2D eigenvalue weighted by atomic mass is 10.1. The van der Waals surface area contributed by atoms with E-state index in [1.807, 2.05) is 0 Å². The Hall–Kier alpha value is -2.25. The van der Waals surface area contributed by atoms with Gasteiger partial charge in [0.25, 0.3) is 0 Å². The van der Waals surface area contributed by atoms with E-state index in [2.05, 4.69) is 4.74 Å². The zero-order valence-electron chi connectivity index (χ0n) is 13.0. The van der Waals surface area contributed by atoms with Crippen LogP contribution in [-0.4, -0.2) is 40.8 Å². The van der Waals surface area contributed by atoms with Crippen LogP contribution in [0.2, 0.25) is 0 Å². The second kappa shape index (κ2) is 7.11. The Morgan fingerprint density at radius 2 is 2.04 bits per heavy atom. The first-order chi connectivity index (χ1) is 11.2. The molecule has 24 heavy (non-hydrogen) atoms. The van der Waals surface area contributed by atoms with Crippen LogP contribution in [0.1, 0.15) is 25.3 Å². The van der Waals surface area contributed by atoms with Gasteiger partial charge in [0.05, 0.1) is 12.3 Å². The summed E-state index contributed by atoms with van der Waals surface area (Å²) in [6, 6.07) is 5.26. The molecule has 1 aliphatic carbocycles. The van der Waals surface area contributed by atoms with E-state index in [0.29, 0.717) is 5.56 Å². The first kappa shape index (κ1) is 18.1. The molecule has 0 aromatic heterocycles. The van der Waals surface area contributed by atoms with Crippen LogP contribution in [0.15, 0.2) is 24.3 Å². The maximum Gasteiger partial charge on any atom is 0.573 e. The van der Waals surface area contributed by atoms with E-state index in [4.69, 9.17) is 5.11 Å². The number of carboxylic acids is 1. The summed E-state index contributed by atoms with van der Waals surface area (Å²) in [6.45, 7) is 1.61. The second-order valence-corrected chi connectivity index (χ2v) is 5.89. The Balaban J connectivity index is 2.04. The summed E-state index contributed by atoms with van der Waals surface area (Å²) in [7, 11) is 0. The van der Waals surface area contributed by atoms with Crippen LogP contribution >= 0.6 is 0 Å².